The number of anilines is 1. The lowest BCUT2D eigenvalue weighted by atomic mass is 10.1. The second kappa shape index (κ2) is 7.31. The molecule has 110 valence electrons. The molecular formula is C12H14Cl2N2O4. The van der Waals surface area contributed by atoms with Gasteiger partial charge in [0.1, 0.15) is 5.69 Å². The minimum atomic E-state index is -0.973. The highest BCUT2D eigenvalue weighted by Crippen LogP contribution is 2.34. The second-order valence-corrected chi connectivity index (χ2v) is 5.08. The quantitative estimate of drug-likeness (QED) is 0.586. The molecule has 0 radical (unpaired) electrons. The van der Waals surface area contributed by atoms with Crippen molar-refractivity contribution in [3.8, 4) is 0 Å². The number of nitrogens with zero attached hydrogens (tertiary/aromatic N) is 1. The molecule has 1 atom stereocenters. The smallest absolute Gasteiger partial charge is 0.305 e. The zero-order valence-electron chi connectivity index (χ0n) is 10.7. The van der Waals surface area contributed by atoms with Crippen molar-refractivity contribution in [2.45, 2.75) is 32.2 Å². The molecule has 0 aromatic heterocycles. The van der Waals surface area contributed by atoms with Gasteiger partial charge in [0.15, 0.2) is 0 Å². The van der Waals surface area contributed by atoms with Crippen LogP contribution < -0.4 is 5.32 Å². The van der Waals surface area contributed by atoms with Gasteiger partial charge in [0.05, 0.1) is 21.4 Å². The molecule has 0 aliphatic rings. The third kappa shape index (κ3) is 4.54. The van der Waals surface area contributed by atoms with Crippen molar-refractivity contribution in [3.05, 3.63) is 32.3 Å². The van der Waals surface area contributed by atoms with Gasteiger partial charge >= 0.3 is 5.97 Å². The molecule has 0 aliphatic carbocycles. The largest absolute Gasteiger partial charge is 0.481 e. The number of carboxylic acids is 1. The predicted octanol–water partition coefficient (Wildman–Crippen LogP) is 3.96. The van der Waals surface area contributed by atoms with E-state index in [1.165, 1.54) is 6.07 Å². The SMILES string of the molecule is CCCC(CC(=O)O)Nc1cc(Cl)c(Cl)cc1[N+](=O)[O-]. The number of hydrogen-bond acceptors (Lipinski definition) is 4. The van der Waals surface area contributed by atoms with Crippen LogP contribution in [0.4, 0.5) is 11.4 Å². The minimum Gasteiger partial charge on any atom is -0.481 e. The highest BCUT2D eigenvalue weighted by atomic mass is 35.5. The van der Waals surface area contributed by atoms with E-state index < -0.39 is 16.9 Å². The molecule has 0 spiro atoms. The average molecular weight is 321 g/mol. The summed E-state index contributed by atoms with van der Waals surface area (Å²) in [7, 11) is 0. The lowest BCUT2D eigenvalue weighted by Gasteiger charge is -2.17. The molecule has 0 saturated heterocycles. The van der Waals surface area contributed by atoms with Crippen LogP contribution in [-0.2, 0) is 4.79 Å². The first-order chi connectivity index (χ1) is 9.35. The number of nitrogens with one attached hydrogen (secondary N) is 1. The summed E-state index contributed by atoms with van der Waals surface area (Å²) in [6, 6.07) is 2.08. The maximum Gasteiger partial charge on any atom is 0.305 e. The van der Waals surface area contributed by atoms with Crippen LogP contribution in [0.15, 0.2) is 12.1 Å². The van der Waals surface area contributed by atoms with E-state index in [1.54, 1.807) is 0 Å². The van der Waals surface area contributed by atoms with Gasteiger partial charge < -0.3 is 10.4 Å². The van der Waals surface area contributed by atoms with Crippen LogP contribution in [0.2, 0.25) is 10.0 Å². The van der Waals surface area contributed by atoms with E-state index in [1.807, 2.05) is 6.92 Å². The van der Waals surface area contributed by atoms with Crippen LogP contribution in [0, 0.1) is 10.1 Å². The molecule has 0 heterocycles. The van der Waals surface area contributed by atoms with Crippen molar-refractivity contribution >= 4 is 40.5 Å². The lowest BCUT2D eigenvalue weighted by Crippen LogP contribution is -2.23. The summed E-state index contributed by atoms with van der Waals surface area (Å²) < 4.78 is 0. The van der Waals surface area contributed by atoms with Gasteiger partial charge in [-0.15, -0.1) is 0 Å². The van der Waals surface area contributed by atoms with Crippen molar-refractivity contribution in [1.29, 1.82) is 0 Å². The van der Waals surface area contributed by atoms with Crippen molar-refractivity contribution in [2.75, 3.05) is 5.32 Å². The normalized spacial score (nSPS) is 11.9. The molecule has 0 bridgehead atoms. The third-order valence-corrected chi connectivity index (χ3v) is 3.38. The second-order valence-electron chi connectivity index (χ2n) is 4.27. The summed E-state index contributed by atoms with van der Waals surface area (Å²) in [5.74, 6) is -0.973. The number of aliphatic carboxylic acids is 1. The Morgan fingerprint density at radius 1 is 1.45 bits per heavy atom. The molecule has 1 rings (SSSR count). The molecular weight excluding hydrogens is 307 g/mol. The molecule has 0 aliphatic heterocycles. The molecule has 1 aromatic rings. The van der Waals surface area contributed by atoms with Crippen molar-refractivity contribution in [3.63, 3.8) is 0 Å². The maximum atomic E-state index is 11.0. The summed E-state index contributed by atoms with van der Waals surface area (Å²) in [6.45, 7) is 1.90. The Morgan fingerprint density at radius 3 is 2.55 bits per heavy atom. The zero-order chi connectivity index (χ0) is 15.3. The topological polar surface area (TPSA) is 92.5 Å². The molecule has 20 heavy (non-hydrogen) atoms. The first kappa shape index (κ1) is 16.5. The van der Waals surface area contributed by atoms with E-state index in [0.717, 1.165) is 12.5 Å². The van der Waals surface area contributed by atoms with Crippen molar-refractivity contribution < 1.29 is 14.8 Å². The third-order valence-electron chi connectivity index (χ3n) is 2.65. The van der Waals surface area contributed by atoms with E-state index in [-0.39, 0.29) is 27.8 Å². The van der Waals surface area contributed by atoms with Crippen LogP contribution in [-0.4, -0.2) is 22.0 Å². The zero-order valence-corrected chi connectivity index (χ0v) is 12.2. The maximum absolute atomic E-state index is 11.0. The molecule has 0 fully saturated rings. The highest BCUT2D eigenvalue weighted by Gasteiger charge is 2.20. The molecule has 0 saturated carbocycles. The van der Waals surface area contributed by atoms with Crippen molar-refractivity contribution in [2.24, 2.45) is 0 Å². The van der Waals surface area contributed by atoms with Gasteiger partial charge in [-0.05, 0) is 12.5 Å². The van der Waals surface area contributed by atoms with Crippen LogP contribution in [0.1, 0.15) is 26.2 Å². The average Bonchev–Trinajstić information content (AvgIpc) is 2.32. The van der Waals surface area contributed by atoms with Gasteiger partial charge in [0, 0.05) is 12.1 Å². The number of hydrogen-bond donors (Lipinski definition) is 2. The van der Waals surface area contributed by atoms with E-state index in [4.69, 9.17) is 28.3 Å². The summed E-state index contributed by atoms with van der Waals surface area (Å²) in [5, 5.41) is 23.0. The molecule has 1 unspecified atom stereocenters. The fourth-order valence-electron chi connectivity index (χ4n) is 1.81. The van der Waals surface area contributed by atoms with Gasteiger partial charge in [-0.25, -0.2) is 0 Å². The summed E-state index contributed by atoms with van der Waals surface area (Å²) in [5.41, 5.74) is -0.0602. The Hall–Kier alpha value is -1.53. The Balaban J connectivity index is 3.07. The number of carboxylic acid groups (broad SMARTS) is 1. The number of benzene rings is 1. The number of rotatable bonds is 7. The Labute approximate surface area is 125 Å². The van der Waals surface area contributed by atoms with E-state index in [9.17, 15) is 14.9 Å². The van der Waals surface area contributed by atoms with Crippen LogP contribution >= 0.6 is 23.2 Å². The Kier molecular flexibility index (Phi) is 6.04. The number of carbonyl (C=O) groups is 1. The van der Waals surface area contributed by atoms with Gasteiger partial charge in [-0.2, -0.15) is 0 Å². The monoisotopic (exact) mass is 320 g/mol. The summed E-state index contributed by atoms with van der Waals surface area (Å²) >= 11 is 11.6. The van der Waals surface area contributed by atoms with Gasteiger partial charge in [-0.3, -0.25) is 14.9 Å². The first-order valence-corrected chi connectivity index (χ1v) is 6.72. The molecule has 2 N–H and O–H groups in total. The van der Waals surface area contributed by atoms with Gasteiger partial charge in [0.2, 0.25) is 0 Å². The van der Waals surface area contributed by atoms with Crippen LogP contribution in [0.25, 0.3) is 0 Å². The standard InChI is InChI=1S/C12H14Cl2N2O4/c1-2-3-7(4-12(17)18)15-10-5-8(13)9(14)6-11(10)16(19)20/h5-7,15H,2-4H2,1H3,(H,17,18). The summed E-state index contributed by atoms with van der Waals surface area (Å²) in [4.78, 5) is 21.2. The van der Waals surface area contributed by atoms with Crippen molar-refractivity contribution in [1.82, 2.24) is 0 Å². The molecule has 8 heteroatoms. The number of halogens is 2. The fraction of sp³-hybridized carbons (Fsp3) is 0.417. The molecule has 6 nitrogen and oxygen atoms in total. The predicted molar refractivity (Wildman–Crippen MR) is 77.7 cm³/mol. The highest BCUT2D eigenvalue weighted by molar-refractivity contribution is 6.42. The number of nitro groups is 1. The number of nitro benzene ring substituents is 1. The van der Waals surface area contributed by atoms with Gasteiger partial charge in [0.25, 0.3) is 5.69 Å². The molecule has 1 aromatic carbocycles. The summed E-state index contributed by atoms with van der Waals surface area (Å²) in [6.07, 6.45) is 1.19. The Morgan fingerprint density at radius 2 is 2.05 bits per heavy atom. The van der Waals surface area contributed by atoms with Crippen LogP contribution in [0.5, 0.6) is 0 Å². The molecule has 0 amide bonds. The van der Waals surface area contributed by atoms with E-state index in [0.29, 0.717) is 6.42 Å². The lowest BCUT2D eigenvalue weighted by molar-refractivity contribution is -0.384. The minimum absolute atomic E-state index is 0.0780. The Bertz CT molecular complexity index is 522. The van der Waals surface area contributed by atoms with E-state index >= 15 is 0 Å². The first-order valence-electron chi connectivity index (χ1n) is 5.96. The van der Waals surface area contributed by atoms with E-state index in [2.05, 4.69) is 5.32 Å². The van der Waals surface area contributed by atoms with Gasteiger partial charge in [-0.1, -0.05) is 36.5 Å². The fourth-order valence-corrected chi connectivity index (χ4v) is 2.13. The van der Waals surface area contributed by atoms with Crippen LogP contribution in [0.3, 0.4) is 0 Å².